The van der Waals surface area contributed by atoms with E-state index in [1.54, 1.807) is 23.5 Å². The van der Waals surface area contributed by atoms with Gasteiger partial charge in [-0.2, -0.15) is 0 Å². The van der Waals surface area contributed by atoms with Gasteiger partial charge in [0.25, 0.3) is 0 Å². The third kappa shape index (κ3) is 3.72. The fourth-order valence-corrected chi connectivity index (χ4v) is 5.36. The lowest BCUT2D eigenvalue weighted by Gasteiger charge is -2.26. The molecule has 0 radical (unpaired) electrons. The summed E-state index contributed by atoms with van der Waals surface area (Å²) in [5.41, 5.74) is 0.0210. The Labute approximate surface area is 151 Å². The van der Waals surface area contributed by atoms with Crippen LogP contribution >= 0.6 is 11.3 Å². The zero-order chi connectivity index (χ0) is 17.4. The second kappa shape index (κ2) is 6.68. The van der Waals surface area contributed by atoms with Crippen molar-refractivity contribution in [3.05, 3.63) is 46.4 Å². The largest absolute Gasteiger partial charge is 0.506 e. The van der Waals surface area contributed by atoms with E-state index < -0.39 is 11.7 Å². The topological polar surface area (TPSA) is 76.8 Å². The summed E-state index contributed by atoms with van der Waals surface area (Å²) in [6, 6.07) is 7.36. The summed E-state index contributed by atoms with van der Waals surface area (Å²) in [6.45, 7) is 2.40. The standard InChI is InChI=1S/C19H24N2O3S/c22-15-3-4-17(20-9-15)18(23)12-21-10-13-6-19(24,7-14(13)11-21)8-16-2-1-5-25-16/h1-5,9,13-14,18,22-24H,6-8,10-12H2/t13-,14+,18?,19-. The van der Waals surface area contributed by atoms with Gasteiger partial charge in [0.15, 0.2) is 0 Å². The minimum atomic E-state index is -0.649. The minimum absolute atomic E-state index is 0.108. The van der Waals surface area contributed by atoms with E-state index in [9.17, 15) is 15.3 Å². The first kappa shape index (κ1) is 17.0. The van der Waals surface area contributed by atoms with Gasteiger partial charge >= 0.3 is 0 Å². The van der Waals surface area contributed by atoms with E-state index >= 15 is 0 Å². The molecule has 2 aromatic heterocycles. The van der Waals surface area contributed by atoms with Crippen LogP contribution in [0.4, 0.5) is 0 Å². The summed E-state index contributed by atoms with van der Waals surface area (Å²) in [5.74, 6) is 1.12. The Morgan fingerprint density at radius 2 is 2.00 bits per heavy atom. The zero-order valence-corrected chi connectivity index (χ0v) is 14.9. The number of fused-ring (bicyclic) bond motifs is 1. The molecule has 1 aliphatic carbocycles. The van der Waals surface area contributed by atoms with Gasteiger partial charge in [0.05, 0.1) is 17.5 Å². The Morgan fingerprint density at radius 3 is 2.60 bits per heavy atom. The van der Waals surface area contributed by atoms with E-state index in [2.05, 4.69) is 21.3 Å². The number of hydrogen-bond donors (Lipinski definition) is 3. The first-order chi connectivity index (χ1) is 12.0. The van der Waals surface area contributed by atoms with E-state index in [1.807, 2.05) is 6.07 Å². The lowest BCUT2D eigenvalue weighted by atomic mass is 9.95. The third-order valence-corrected chi connectivity index (χ3v) is 6.44. The van der Waals surface area contributed by atoms with Crippen molar-refractivity contribution in [3.63, 3.8) is 0 Å². The van der Waals surface area contributed by atoms with Crippen molar-refractivity contribution in [1.82, 2.24) is 9.88 Å². The average molecular weight is 360 g/mol. The number of thiophene rings is 1. The van der Waals surface area contributed by atoms with Crippen LogP contribution in [0.25, 0.3) is 0 Å². The number of aromatic nitrogens is 1. The monoisotopic (exact) mass is 360 g/mol. The maximum absolute atomic E-state index is 10.9. The Hall–Kier alpha value is -1.47. The average Bonchev–Trinajstić information content (AvgIpc) is 3.24. The van der Waals surface area contributed by atoms with Crippen LogP contribution in [0.5, 0.6) is 5.75 Å². The SMILES string of the molecule is Oc1ccc(C(O)CN2C[C@@H]3C[C@@](O)(Cc4cccs4)C[C@@H]3C2)nc1. The van der Waals surface area contributed by atoms with Crippen LogP contribution in [0.1, 0.15) is 29.5 Å². The van der Waals surface area contributed by atoms with Crippen molar-refractivity contribution < 1.29 is 15.3 Å². The van der Waals surface area contributed by atoms with Crippen LogP contribution in [0.2, 0.25) is 0 Å². The van der Waals surface area contributed by atoms with Gasteiger partial charge in [-0.05, 0) is 48.3 Å². The fraction of sp³-hybridized carbons (Fsp3) is 0.526. The van der Waals surface area contributed by atoms with Crippen LogP contribution in [0.15, 0.2) is 35.8 Å². The predicted octanol–water partition coefficient (Wildman–Crippen LogP) is 2.20. The Kier molecular flexibility index (Phi) is 4.54. The second-order valence-electron chi connectivity index (χ2n) is 7.58. The predicted molar refractivity (Wildman–Crippen MR) is 96.5 cm³/mol. The molecule has 134 valence electrons. The number of hydrogen-bond acceptors (Lipinski definition) is 6. The lowest BCUT2D eigenvalue weighted by Crippen LogP contribution is -2.33. The molecule has 2 aliphatic rings. The van der Waals surface area contributed by atoms with Gasteiger partial charge in [-0.1, -0.05) is 6.07 Å². The Morgan fingerprint density at radius 1 is 1.24 bits per heavy atom. The fourth-order valence-electron chi connectivity index (χ4n) is 4.52. The summed E-state index contributed by atoms with van der Waals surface area (Å²) in [6.07, 6.45) is 3.17. The van der Waals surface area contributed by atoms with Crippen LogP contribution in [-0.4, -0.2) is 50.4 Å². The molecule has 2 aromatic rings. The lowest BCUT2D eigenvalue weighted by molar-refractivity contribution is 0.0334. The highest BCUT2D eigenvalue weighted by molar-refractivity contribution is 7.09. The Balaban J connectivity index is 1.32. The summed E-state index contributed by atoms with van der Waals surface area (Å²) < 4.78 is 0. The molecule has 4 rings (SSSR count). The smallest absolute Gasteiger partial charge is 0.133 e. The Bertz CT molecular complexity index is 690. The minimum Gasteiger partial charge on any atom is -0.506 e. The van der Waals surface area contributed by atoms with Gasteiger partial charge in [0.1, 0.15) is 11.9 Å². The van der Waals surface area contributed by atoms with Crippen molar-refractivity contribution in [3.8, 4) is 5.75 Å². The van der Waals surface area contributed by atoms with Crippen molar-refractivity contribution in [1.29, 1.82) is 0 Å². The summed E-state index contributed by atoms with van der Waals surface area (Å²) in [7, 11) is 0. The summed E-state index contributed by atoms with van der Waals surface area (Å²) >= 11 is 1.72. The highest BCUT2D eigenvalue weighted by Crippen LogP contribution is 2.45. The van der Waals surface area contributed by atoms with E-state index in [4.69, 9.17) is 0 Å². The van der Waals surface area contributed by atoms with Crippen LogP contribution < -0.4 is 0 Å². The molecule has 1 saturated carbocycles. The molecule has 6 heteroatoms. The highest BCUT2D eigenvalue weighted by Gasteiger charge is 2.48. The maximum Gasteiger partial charge on any atom is 0.133 e. The summed E-state index contributed by atoms with van der Waals surface area (Å²) in [5, 5.41) is 32.7. The van der Waals surface area contributed by atoms with Gasteiger partial charge in [-0.15, -0.1) is 11.3 Å². The number of aliphatic hydroxyl groups is 2. The summed E-state index contributed by atoms with van der Waals surface area (Å²) in [4.78, 5) is 7.63. The molecular weight excluding hydrogens is 336 g/mol. The molecule has 2 fully saturated rings. The molecule has 1 unspecified atom stereocenters. The maximum atomic E-state index is 10.9. The molecule has 0 amide bonds. The van der Waals surface area contributed by atoms with Gasteiger partial charge in [0, 0.05) is 30.9 Å². The first-order valence-electron chi connectivity index (χ1n) is 8.81. The molecule has 0 bridgehead atoms. The van der Waals surface area contributed by atoms with Crippen molar-refractivity contribution in [2.45, 2.75) is 31.0 Å². The molecule has 0 spiro atoms. The number of pyridine rings is 1. The molecular formula is C19H24N2O3S. The normalized spacial score (nSPS) is 30.5. The first-order valence-corrected chi connectivity index (χ1v) is 9.69. The molecule has 1 saturated heterocycles. The van der Waals surface area contributed by atoms with E-state index in [-0.39, 0.29) is 5.75 Å². The number of aliphatic hydroxyl groups excluding tert-OH is 1. The van der Waals surface area contributed by atoms with Crippen molar-refractivity contribution in [2.75, 3.05) is 19.6 Å². The number of aromatic hydroxyl groups is 1. The second-order valence-corrected chi connectivity index (χ2v) is 8.62. The van der Waals surface area contributed by atoms with Crippen LogP contribution in [0.3, 0.4) is 0 Å². The molecule has 4 atom stereocenters. The quantitative estimate of drug-likeness (QED) is 0.762. The molecule has 3 N–H and O–H groups in total. The number of β-amino-alcohol motifs (C(OH)–C–C–N with tert-alkyl or cyclic N) is 1. The molecule has 3 heterocycles. The van der Waals surface area contributed by atoms with Gasteiger partial charge in [-0.3, -0.25) is 9.88 Å². The van der Waals surface area contributed by atoms with Crippen molar-refractivity contribution in [2.24, 2.45) is 11.8 Å². The van der Waals surface area contributed by atoms with Gasteiger partial charge in [0.2, 0.25) is 0 Å². The van der Waals surface area contributed by atoms with Gasteiger partial charge in [-0.25, -0.2) is 0 Å². The number of likely N-dealkylation sites (tertiary alicyclic amines) is 1. The molecule has 5 nitrogen and oxygen atoms in total. The molecule has 0 aromatic carbocycles. The van der Waals surface area contributed by atoms with E-state index in [0.717, 1.165) is 32.4 Å². The third-order valence-electron chi connectivity index (χ3n) is 5.56. The zero-order valence-electron chi connectivity index (χ0n) is 14.1. The van der Waals surface area contributed by atoms with Crippen LogP contribution in [0, 0.1) is 11.8 Å². The van der Waals surface area contributed by atoms with Crippen molar-refractivity contribution >= 4 is 11.3 Å². The van der Waals surface area contributed by atoms with Crippen LogP contribution in [-0.2, 0) is 6.42 Å². The van der Waals surface area contributed by atoms with Gasteiger partial charge < -0.3 is 15.3 Å². The number of rotatable bonds is 5. The molecule has 25 heavy (non-hydrogen) atoms. The molecule has 1 aliphatic heterocycles. The van der Waals surface area contributed by atoms with E-state index in [1.165, 1.54) is 11.1 Å². The number of nitrogens with zero attached hydrogens (tertiary/aromatic N) is 2. The van der Waals surface area contributed by atoms with E-state index in [0.29, 0.717) is 24.1 Å². The highest BCUT2D eigenvalue weighted by atomic mass is 32.1.